The fraction of sp³-hybridized carbons (Fsp3) is 0.370. The highest BCUT2D eigenvalue weighted by molar-refractivity contribution is 6.76. The minimum atomic E-state index is -1.21. The van der Waals surface area contributed by atoms with E-state index in [4.69, 9.17) is 20.3 Å². The Bertz CT molecular complexity index is 1370. The monoisotopic (exact) mass is 522 g/mol. The third-order valence-electron chi connectivity index (χ3n) is 6.21. The molecule has 0 bridgehead atoms. The van der Waals surface area contributed by atoms with Gasteiger partial charge in [-0.25, -0.2) is 14.6 Å². The van der Waals surface area contributed by atoms with Crippen molar-refractivity contribution in [3.63, 3.8) is 0 Å². The van der Waals surface area contributed by atoms with Gasteiger partial charge in [0, 0.05) is 58.2 Å². The van der Waals surface area contributed by atoms with Crippen LogP contribution in [-0.4, -0.2) is 61.7 Å². The van der Waals surface area contributed by atoms with E-state index in [1.807, 2.05) is 47.0 Å². The summed E-state index contributed by atoms with van der Waals surface area (Å²) in [4.78, 5) is 10.3. The molecule has 0 aliphatic heterocycles. The van der Waals surface area contributed by atoms with Crippen LogP contribution in [0.1, 0.15) is 0 Å². The lowest BCUT2D eigenvalue weighted by molar-refractivity contribution is 0.0818. The third kappa shape index (κ3) is 6.15. The van der Waals surface area contributed by atoms with E-state index in [0.717, 1.165) is 34.0 Å². The van der Waals surface area contributed by atoms with Crippen molar-refractivity contribution >= 4 is 24.8 Å². The molecule has 0 radical (unpaired) electrons. The standard InChI is InChI=1S/C27H35FN6O2Si/c1-33(13-10-29)24-17-20(8-11-30-24)26-21-16-19(25-23(35-2)9-12-31-27(25)28)6-7-22(21)34(32-26)18-36-14-15-37(3,4)5/h6-9,11-12,16-17H,10,13-15,18,29H2,1-5H3. The van der Waals surface area contributed by atoms with Crippen molar-refractivity contribution in [2.75, 3.05) is 38.8 Å². The molecule has 0 fully saturated rings. The Kier molecular flexibility index (Phi) is 8.21. The maximum atomic E-state index is 14.8. The van der Waals surface area contributed by atoms with Gasteiger partial charge in [-0.15, -0.1) is 0 Å². The van der Waals surface area contributed by atoms with Crippen LogP contribution >= 0.6 is 0 Å². The van der Waals surface area contributed by atoms with Crippen molar-refractivity contribution in [3.8, 4) is 28.1 Å². The Morgan fingerprint density at radius 1 is 1.05 bits per heavy atom. The van der Waals surface area contributed by atoms with Crippen LogP contribution in [0, 0.1) is 5.95 Å². The number of benzene rings is 1. The van der Waals surface area contributed by atoms with Crippen LogP contribution in [0.4, 0.5) is 10.2 Å². The van der Waals surface area contributed by atoms with Crippen molar-refractivity contribution in [1.82, 2.24) is 19.7 Å². The molecule has 1 aromatic carbocycles. The van der Waals surface area contributed by atoms with Crippen LogP contribution in [-0.2, 0) is 11.5 Å². The van der Waals surface area contributed by atoms with Gasteiger partial charge in [0.05, 0.1) is 18.2 Å². The molecular formula is C27H35FN6O2Si. The van der Waals surface area contributed by atoms with E-state index in [0.29, 0.717) is 43.3 Å². The van der Waals surface area contributed by atoms with Gasteiger partial charge in [0.15, 0.2) is 0 Å². The molecule has 0 atom stereocenters. The molecule has 37 heavy (non-hydrogen) atoms. The van der Waals surface area contributed by atoms with Crippen LogP contribution in [0.25, 0.3) is 33.3 Å². The van der Waals surface area contributed by atoms with Gasteiger partial charge in [0.2, 0.25) is 5.95 Å². The smallest absolute Gasteiger partial charge is 0.224 e. The Morgan fingerprint density at radius 3 is 2.57 bits per heavy atom. The fourth-order valence-electron chi connectivity index (χ4n) is 4.11. The number of anilines is 1. The van der Waals surface area contributed by atoms with Crippen LogP contribution < -0.4 is 15.4 Å². The first-order valence-corrected chi connectivity index (χ1v) is 16.1. The lowest BCUT2D eigenvalue weighted by Crippen LogP contribution is -2.25. The first kappa shape index (κ1) is 26.7. The average Bonchev–Trinajstić information content (AvgIpc) is 3.24. The van der Waals surface area contributed by atoms with Gasteiger partial charge in [-0.05, 0) is 41.9 Å². The molecule has 0 saturated heterocycles. The number of hydrogen-bond acceptors (Lipinski definition) is 7. The zero-order valence-electron chi connectivity index (χ0n) is 22.2. The molecule has 10 heteroatoms. The van der Waals surface area contributed by atoms with E-state index >= 15 is 0 Å². The summed E-state index contributed by atoms with van der Waals surface area (Å²) < 4.78 is 28.1. The highest BCUT2D eigenvalue weighted by Gasteiger charge is 2.19. The van der Waals surface area contributed by atoms with E-state index in [9.17, 15) is 4.39 Å². The number of fused-ring (bicyclic) bond motifs is 1. The topological polar surface area (TPSA) is 91.3 Å². The maximum absolute atomic E-state index is 14.8. The molecular weight excluding hydrogens is 487 g/mol. The van der Waals surface area contributed by atoms with Crippen LogP contribution in [0.2, 0.25) is 25.7 Å². The molecule has 4 aromatic rings. The summed E-state index contributed by atoms with van der Waals surface area (Å²) in [6, 6.07) is 12.4. The number of nitrogens with two attached hydrogens (primary N) is 1. The van der Waals surface area contributed by atoms with Gasteiger partial charge in [-0.3, -0.25) is 0 Å². The molecule has 0 saturated carbocycles. The van der Waals surface area contributed by atoms with Gasteiger partial charge in [-0.1, -0.05) is 25.7 Å². The molecule has 0 unspecified atom stereocenters. The highest BCUT2D eigenvalue weighted by atomic mass is 28.3. The number of aromatic nitrogens is 4. The summed E-state index contributed by atoms with van der Waals surface area (Å²) in [7, 11) is 2.27. The summed E-state index contributed by atoms with van der Waals surface area (Å²) >= 11 is 0. The molecule has 8 nitrogen and oxygen atoms in total. The number of pyridine rings is 2. The quantitative estimate of drug-likeness (QED) is 0.168. The predicted molar refractivity (Wildman–Crippen MR) is 149 cm³/mol. The SMILES string of the molecule is COc1ccnc(F)c1-c1ccc2c(c1)c(-c1ccnc(N(C)CCN)c1)nn2COCC[Si](C)(C)C. The van der Waals surface area contributed by atoms with Crippen molar-refractivity contribution in [3.05, 3.63) is 54.7 Å². The number of halogens is 1. The number of ether oxygens (including phenoxy) is 2. The Labute approximate surface area is 218 Å². The van der Waals surface area contributed by atoms with Gasteiger partial charge in [0.1, 0.15) is 24.0 Å². The van der Waals surface area contributed by atoms with Crippen molar-refractivity contribution in [2.45, 2.75) is 32.4 Å². The van der Waals surface area contributed by atoms with E-state index in [1.165, 1.54) is 13.3 Å². The molecule has 4 rings (SSSR count). The van der Waals surface area contributed by atoms with Crippen molar-refractivity contribution in [2.24, 2.45) is 5.73 Å². The molecule has 2 N–H and O–H groups in total. The normalized spacial score (nSPS) is 11.8. The Hall–Kier alpha value is -3.34. The molecule has 0 amide bonds. The van der Waals surface area contributed by atoms with E-state index < -0.39 is 14.0 Å². The van der Waals surface area contributed by atoms with E-state index in [-0.39, 0.29) is 0 Å². The summed E-state index contributed by atoms with van der Waals surface area (Å²) in [5, 5.41) is 5.80. The van der Waals surface area contributed by atoms with E-state index in [1.54, 1.807) is 12.3 Å². The second kappa shape index (κ2) is 11.4. The second-order valence-electron chi connectivity index (χ2n) is 10.2. The molecule has 3 heterocycles. The maximum Gasteiger partial charge on any atom is 0.224 e. The zero-order valence-corrected chi connectivity index (χ0v) is 23.2. The molecule has 0 aliphatic carbocycles. The minimum absolute atomic E-state index is 0.315. The predicted octanol–water partition coefficient (Wildman–Crippen LogP) is 5.02. The van der Waals surface area contributed by atoms with Gasteiger partial charge in [0.25, 0.3) is 0 Å². The number of nitrogens with zero attached hydrogens (tertiary/aromatic N) is 5. The fourth-order valence-corrected chi connectivity index (χ4v) is 4.87. The van der Waals surface area contributed by atoms with E-state index in [2.05, 4.69) is 29.6 Å². The lowest BCUT2D eigenvalue weighted by atomic mass is 10.0. The Balaban J connectivity index is 1.80. The Morgan fingerprint density at radius 2 is 1.84 bits per heavy atom. The van der Waals surface area contributed by atoms with Crippen LogP contribution in [0.15, 0.2) is 48.8 Å². The van der Waals surface area contributed by atoms with Gasteiger partial charge in [-0.2, -0.15) is 9.49 Å². The highest BCUT2D eigenvalue weighted by Crippen LogP contribution is 2.36. The average molecular weight is 523 g/mol. The third-order valence-corrected chi connectivity index (χ3v) is 7.91. The summed E-state index contributed by atoms with van der Waals surface area (Å²) in [6.07, 6.45) is 3.16. The molecule has 0 spiro atoms. The number of methoxy groups -OCH3 is 1. The first-order chi connectivity index (χ1) is 17.7. The lowest BCUT2D eigenvalue weighted by Gasteiger charge is -2.17. The summed E-state index contributed by atoms with van der Waals surface area (Å²) in [5.74, 6) is 0.634. The number of hydrogen-bond donors (Lipinski definition) is 1. The van der Waals surface area contributed by atoms with Crippen LogP contribution in [0.3, 0.4) is 0 Å². The first-order valence-electron chi connectivity index (χ1n) is 12.4. The molecule has 0 aliphatic rings. The van der Waals surface area contributed by atoms with Gasteiger partial charge < -0.3 is 20.1 Å². The summed E-state index contributed by atoms with van der Waals surface area (Å²) in [6.45, 7) is 9.20. The van der Waals surface area contributed by atoms with Crippen LogP contribution in [0.5, 0.6) is 5.75 Å². The van der Waals surface area contributed by atoms with Crippen molar-refractivity contribution < 1.29 is 13.9 Å². The molecule has 3 aromatic heterocycles. The van der Waals surface area contributed by atoms with Crippen molar-refractivity contribution in [1.29, 1.82) is 0 Å². The zero-order chi connectivity index (χ0) is 26.6. The second-order valence-corrected chi connectivity index (χ2v) is 15.8. The minimum Gasteiger partial charge on any atom is -0.496 e. The number of likely N-dealkylation sites (N-methyl/N-ethyl adjacent to an activating group) is 1. The summed E-state index contributed by atoms with van der Waals surface area (Å²) in [5.41, 5.74) is 9.27. The molecule has 196 valence electrons. The largest absolute Gasteiger partial charge is 0.496 e. The van der Waals surface area contributed by atoms with Gasteiger partial charge >= 0.3 is 0 Å². The number of rotatable bonds is 11.